The van der Waals surface area contributed by atoms with Crippen LogP contribution in [0.5, 0.6) is 0 Å². The molecule has 2 aromatic rings. The lowest BCUT2D eigenvalue weighted by Crippen LogP contribution is -2.33. The van der Waals surface area contributed by atoms with E-state index in [1.807, 2.05) is 19.1 Å². The van der Waals surface area contributed by atoms with Crippen LogP contribution in [0, 0.1) is 6.92 Å². The number of likely N-dealkylation sites (tertiary alicyclic amines) is 1. The van der Waals surface area contributed by atoms with Gasteiger partial charge in [0.1, 0.15) is 5.60 Å². The second-order valence-electron chi connectivity index (χ2n) is 9.84. The summed E-state index contributed by atoms with van der Waals surface area (Å²) in [4.78, 5) is 39.3. The molecule has 1 aliphatic rings. The van der Waals surface area contributed by atoms with E-state index >= 15 is 0 Å². The Morgan fingerprint density at radius 3 is 2.17 bits per heavy atom. The largest absolute Gasteiger partial charge is 0.444 e. The molecule has 0 aliphatic carbocycles. The van der Waals surface area contributed by atoms with Crippen LogP contribution in [0.4, 0.5) is 10.5 Å². The number of hydrogen-bond donors (Lipinski definition) is 3. The molecule has 3 amide bonds. The van der Waals surface area contributed by atoms with Gasteiger partial charge in [0.05, 0.1) is 0 Å². The van der Waals surface area contributed by atoms with Gasteiger partial charge >= 0.3 is 6.09 Å². The van der Waals surface area contributed by atoms with Crippen molar-refractivity contribution in [3.63, 3.8) is 0 Å². The molecule has 1 heterocycles. The molecule has 0 radical (unpaired) electrons. The smallest absolute Gasteiger partial charge is 0.412 e. The summed E-state index contributed by atoms with van der Waals surface area (Å²) in [7, 11) is 0. The fourth-order valence-corrected chi connectivity index (χ4v) is 3.85. The van der Waals surface area contributed by atoms with E-state index < -0.39 is 11.7 Å². The number of amides is 3. The molecule has 1 saturated heterocycles. The number of anilines is 1. The van der Waals surface area contributed by atoms with Crippen molar-refractivity contribution in [2.75, 3.05) is 31.5 Å². The second kappa shape index (κ2) is 11.8. The Hall–Kier alpha value is -3.39. The fraction of sp³-hybridized carbons (Fsp3) is 0.444. The third kappa shape index (κ3) is 8.40. The predicted molar refractivity (Wildman–Crippen MR) is 137 cm³/mol. The summed E-state index contributed by atoms with van der Waals surface area (Å²) in [6.07, 6.45) is 1.94. The molecule has 0 atom stereocenters. The molecule has 3 rings (SSSR count). The van der Waals surface area contributed by atoms with Crippen molar-refractivity contribution in [1.82, 2.24) is 15.5 Å². The van der Waals surface area contributed by atoms with E-state index in [1.165, 1.54) is 12.8 Å². The molecule has 8 heteroatoms. The summed E-state index contributed by atoms with van der Waals surface area (Å²) in [5, 5.41) is 8.56. The molecule has 0 spiro atoms. The SMILES string of the molecule is Cc1cc(C(=O)NCc2ccc(C(=O)NCCN3CCCC3)cc2)ccc1NC(=O)OC(C)(C)C. The van der Waals surface area contributed by atoms with E-state index in [4.69, 9.17) is 4.74 Å². The van der Waals surface area contributed by atoms with Crippen LogP contribution in [0.2, 0.25) is 0 Å². The van der Waals surface area contributed by atoms with Crippen LogP contribution in [-0.4, -0.2) is 54.6 Å². The molecule has 0 saturated carbocycles. The highest BCUT2D eigenvalue weighted by molar-refractivity contribution is 5.96. The summed E-state index contributed by atoms with van der Waals surface area (Å²) in [6.45, 7) is 11.3. The molecule has 188 valence electrons. The Morgan fingerprint density at radius 1 is 0.914 bits per heavy atom. The first-order chi connectivity index (χ1) is 16.6. The maximum Gasteiger partial charge on any atom is 0.412 e. The standard InChI is InChI=1S/C27H36N4O4/c1-19-17-22(11-12-23(19)30-26(34)35-27(2,3)4)25(33)29-18-20-7-9-21(10-8-20)24(32)28-13-16-31-14-5-6-15-31/h7-12,17H,5-6,13-16,18H2,1-4H3,(H,28,32)(H,29,33)(H,30,34). The maximum absolute atomic E-state index is 12.6. The highest BCUT2D eigenvalue weighted by Crippen LogP contribution is 2.18. The van der Waals surface area contributed by atoms with Crippen LogP contribution in [-0.2, 0) is 11.3 Å². The van der Waals surface area contributed by atoms with E-state index in [1.54, 1.807) is 51.1 Å². The van der Waals surface area contributed by atoms with E-state index in [9.17, 15) is 14.4 Å². The van der Waals surface area contributed by atoms with Gasteiger partial charge in [-0.2, -0.15) is 0 Å². The normalized spacial score (nSPS) is 13.8. The summed E-state index contributed by atoms with van der Waals surface area (Å²) in [6, 6.07) is 12.3. The first-order valence-corrected chi connectivity index (χ1v) is 12.1. The van der Waals surface area contributed by atoms with Crippen molar-refractivity contribution < 1.29 is 19.1 Å². The number of benzene rings is 2. The molecule has 2 aromatic carbocycles. The zero-order chi connectivity index (χ0) is 25.4. The van der Waals surface area contributed by atoms with E-state index in [-0.39, 0.29) is 11.8 Å². The monoisotopic (exact) mass is 480 g/mol. The first kappa shape index (κ1) is 26.2. The Kier molecular flexibility index (Phi) is 8.87. The molecule has 0 aromatic heterocycles. The molecule has 0 bridgehead atoms. The van der Waals surface area contributed by atoms with Gasteiger partial charge in [-0.1, -0.05) is 12.1 Å². The number of hydrogen-bond acceptors (Lipinski definition) is 5. The number of carbonyl (C=O) groups excluding carboxylic acids is 3. The number of aryl methyl sites for hydroxylation is 1. The van der Waals surface area contributed by atoms with Crippen molar-refractivity contribution in [2.45, 2.75) is 52.7 Å². The van der Waals surface area contributed by atoms with Gasteiger partial charge in [-0.05, 0) is 95.1 Å². The molecule has 0 unspecified atom stereocenters. The van der Waals surface area contributed by atoms with Gasteiger partial charge in [-0.15, -0.1) is 0 Å². The molecule has 8 nitrogen and oxygen atoms in total. The number of nitrogens with one attached hydrogen (secondary N) is 3. The van der Waals surface area contributed by atoms with Gasteiger partial charge in [0.25, 0.3) is 11.8 Å². The van der Waals surface area contributed by atoms with E-state index in [2.05, 4.69) is 20.9 Å². The lowest BCUT2D eigenvalue weighted by Gasteiger charge is -2.20. The molecular formula is C27H36N4O4. The minimum atomic E-state index is -0.590. The van der Waals surface area contributed by atoms with Crippen LogP contribution >= 0.6 is 0 Å². The first-order valence-electron chi connectivity index (χ1n) is 12.1. The van der Waals surface area contributed by atoms with Crippen molar-refractivity contribution in [3.05, 3.63) is 64.7 Å². The Morgan fingerprint density at radius 2 is 1.54 bits per heavy atom. The van der Waals surface area contributed by atoms with Gasteiger partial charge in [-0.25, -0.2) is 4.79 Å². The number of carbonyl (C=O) groups is 3. The van der Waals surface area contributed by atoms with E-state index in [0.29, 0.717) is 29.9 Å². The summed E-state index contributed by atoms with van der Waals surface area (Å²) >= 11 is 0. The minimum absolute atomic E-state index is 0.0876. The van der Waals surface area contributed by atoms with Gasteiger partial charge in [0, 0.05) is 36.4 Å². The molecule has 1 aliphatic heterocycles. The Labute approximate surface area is 207 Å². The third-order valence-corrected chi connectivity index (χ3v) is 5.71. The number of rotatable bonds is 8. The van der Waals surface area contributed by atoms with Crippen LogP contribution in [0.3, 0.4) is 0 Å². The van der Waals surface area contributed by atoms with Crippen molar-refractivity contribution in [1.29, 1.82) is 0 Å². The average molecular weight is 481 g/mol. The highest BCUT2D eigenvalue weighted by Gasteiger charge is 2.17. The molecular weight excluding hydrogens is 444 g/mol. The van der Waals surface area contributed by atoms with Gasteiger partial charge in [-0.3, -0.25) is 14.9 Å². The molecule has 1 fully saturated rings. The fourth-order valence-electron chi connectivity index (χ4n) is 3.85. The van der Waals surface area contributed by atoms with Gasteiger partial charge in [0.2, 0.25) is 0 Å². The predicted octanol–water partition coefficient (Wildman–Crippen LogP) is 4.10. The highest BCUT2D eigenvalue weighted by atomic mass is 16.6. The quantitative estimate of drug-likeness (QED) is 0.528. The lowest BCUT2D eigenvalue weighted by atomic mass is 10.1. The number of ether oxygens (including phenoxy) is 1. The summed E-state index contributed by atoms with van der Waals surface area (Å²) in [5.41, 5.74) is 2.74. The van der Waals surface area contributed by atoms with Crippen LogP contribution < -0.4 is 16.0 Å². The average Bonchev–Trinajstić information content (AvgIpc) is 3.31. The van der Waals surface area contributed by atoms with Gasteiger partial charge < -0.3 is 20.3 Å². The van der Waals surface area contributed by atoms with E-state index in [0.717, 1.165) is 30.8 Å². The minimum Gasteiger partial charge on any atom is -0.444 e. The zero-order valence-corrected chi connectivity index (χ0v) is 21.1. The maximum atomic E-state index is 12.6. The topological polar surface area (TPSA) is 99.8 Å². The Bertz CT molecular complexity index is 1040. The van der Waals surface area contributed by atoms with Crippen molar-refractivity contribution >= 4 is 23.6 Å². The van der Waals surface area contributed by atoms with Crippen LogP contribution in [0.15, 0.2) is 42.5 Å². The lowest BCUT2D eigenvalue weighted by molar-refractivity contribution is 0.0635. The van der Waals surface area contributed by atoms with Gasteiger partial charge in [0.15, 0.2) is 0 Å². The second-order valence-corrected chi connectivity index (χ2v) is 9.84. The molecule has 35 heavy (non-hydrogen) atoms. The van der Waals surface area contributed by atoms with Crippen LogP contribution in [0.25, 0.3) is 0 Å². The molecule has 3 N–H and O–H groups in total. The third-order valence-electron chi connectivity index (χ3n) is 5.71. The van der Waals surface area contributed by atoms with Crippen molar-refractivity contribution in [2.24, 2.45) is 0 Å². The zero-order valence-electron chi connectivity index (χ0n) is 21.1. The Balaban J connectivity index is 1.46. The summed E-state index contributed by atoms with van der Waals surface area (Å²) < 4.78 is 5.27. The van der Waals surface area contributed by atoms with Crippen molar-refractivity contribution in [3.8, 4) is 0 Å². The van der Waals surface area contributed by atoms with Crippen LogP contribution in [0.1, 0.15) is 65.5 Å². The summed E-state index contributed by atoms with van der Waals surface area (Å²) in [5.74, 6) is -0.309. The number of nitrogens with zero attached hydrogens (tertiary/aromatic N) is 1.